The highest BCUT2D eigenvalue weighted by Gasteiger charge is 2.29. The van der Waals surface area contributed by atoms with Crippen LogP contribution in [0.15, 0.2) is 17.5 Å². The van der Waals surface area contributed by atoms with E-state index in [0.717, 1.165) is 6.42 Å². The largest absolute Gasteiger partial charge is 0.341 e. The molecule has 2 aromatic heterocycles. The van der Waals surface area contributed by atoms with Gasteiger partial charge in [-0.1, -0.05) is 0 Å². The molecule has 2 aliphatic rings. The summed E-state index contributed by atoms with van der Waals surface area (Å²) in [4.78, 5) is 1.60. The summed E-state index contributed by atoms with van der Waals surface area (Å²) in [5.74, 6) is 0. The molecule has 20 heavy (non-hydrogen) atoms. The smallest absolute Gasteiger partial charge is 0.0596 e. The van der Waals surface area contributed by atoms with Gasteiger partial charge < -0.3 is 10.3 Å². The highest BCUT2D eigenvalue weighted by Crippen LogP contribution is 2.40. The second-order valence-electron chi connectivity index (χ2n) is 6.26. The van der Waals surface area contributed by atoms with E-state index in [-0.39, 0.29) is 6.04 Å². The summed E-state index contributed by atoms with van der Waals surface area (Å²) in [7, 11) is 0. The zero-order valence-electron chi connectivity index (χ0n) is 12.1. The number of nitrogens with zero attached hydrogens (tertiary/aromatic N) is 1. The Kier molecular flexibility index (Phi) is 3.00. The van der Waals surface area contributed by atoms with Crippen LogP contribution in [-0.2, 0) is 12.8 Å². The predicted octanol–water partition coefficient (Wildman–Crippen LogP) is 4.12. The average Bonchev–Trinajstić information content (AvgIpc) is 3.03. The number of rotatable bonds is 1. The molecule has 4 rings (SSSR count). The van der Waals surface area contributed by atoms with Crippen LogP contribution >= 0.6 is 11.3 Å². The zero-order valence-corrected chi connectivity index (χ0v) is 12.9. The van der Waals surface area contributed by atoms with Crippen LogP contribution in [0, 0.1) is 6.92 Å². The Labute approximate surface area is 124 Å². The van der Waals surface area contributed by atoms with Gasteiger partial charge in [-0.3, -0.25) is 0 Å². The van der Waals surface area contributed by atoms with Gasteiger partial charge in [-0.25, -0.2) is 0 Å². The predicted molar refractivity (Wildman–Crippen MR) is 84.4 cm³/mol. The van der Waals surface area contributed by atoms with E-state index in [9.17, 15) is 0 Å². The maximum Gasteiger partial charge on any atom is 0.0596 e. The molecule has 0 saturated carbocycles. The maximum atomic E-state index is 6.32. The zero-order chi connectivity index (χ0) is 13.7. The van der Waals surface area contributed by atoms with E-state index in [1.54, 1.807) is 10.4 Å². The van der Waals surface area contributed by atoms with Gasteiger partial charge >= 0.3 is 0 Å². The van der Waals surface area contributed by atoms with Crippen LogP contribution in [0.25, 0.3) is 0 Å². The quantitative estimate of drug-likeness (QED) is 0.840. The summed E-state index contributed by atoms with van der Waals surface area (Å²) in [6.07, 6.45) is 7.45. The minimum atomic E-state index is 0.254. The first-order valence-corrected chi connectivity index (χ1v) is 8.66. The van der Waals surface area contributed by atoms with Gasteiger partial charge in [0.05, 0.1) is 6.04 Å². The third kappa shape index (κ3) is 1.80. The molecular formula is C17H22N2S. The van der Waals surface area contributed by atoms with E-state index in [1.807, 2.05) is 11.3 Å². The molecule has 0 radical (unpaired) electrons. The second-order valence-corrected chi connectivity index (χ2v) is 7.26. The van der Waals surface area contributed by atoms with Crippen LogP contribution in [0.3, 0.4) is 0 Å². The molecule has 2 aromatic rings. The Balaban J connectivity index is 1.85. The minimum absolute atomic E-state index is 0.254. The van der Waals surface area contributed by atoms with Crippen LogP contribution in [0.5, 0.6) is 0 Å². The van der Waals surface area contributed by atoms with Crippen molar-refractivity contribution in [3.63, 3.8) is 0 Å². The van der Waals surface area contributed by atoms with Gasteiger partial charge in [0.15, 0.2) is 0 Å². The molecule has 0 bridgehead atoms. The van der Waals surface area contributed by atoms with E-state index in [2.05, 4.69) is 29.0 Å². The molecule has 0 spiro atoms. The monoisotopic (exact) mass is 286 g/mol. The normalized spacial score (nSPS) is 25.3. The lowest BCUT2D eigenvalue weighted by Gasteiger charge is -2.29. The highest BCUT2D eigenvalue weighted by molar-refractivity contribution is 7.10. The molecule has 2 nitrogen and oxygen atoms in total. The van der Waals surface area contributed by atoms with Crippen molar-refractivity contribution >= 4 is 11.3 Å². The van der Waals surface area contributed by atoms with Gasteiger partial charge in [-0.05, 0) is 74.1 Å². The lowest BCUT2D eigenvalue weighted by atomic mass is 9.91. The maximum absolute atomic E-state index is 6.32. The van der Waals surface area contributed by atoms with Crippen molar-refractivity contribution in [2.75, 3.05) is 0 Å². The molecule has 0 fully saturated rings. The number of aryl methyl sites for hydroxylation is 2. The Morgan fingerprint density at radius 2 is 2.05 bits per heavy atom. The molecule has 2 atom stereocenters. The van der Waals surface area contributed by atoms with Crippen molar-refractivity contribution in [2.24, 2.45) is 5.73 Å². The first-order chi connectivity index (χ1) is 9.75. The summed E-state index contributed by atoms with van der Waals surface area (Å²) in [6.45, 7) is 2.26. The lowest BCUT2D eigenvalue weighted by Crippen LogP contribution is -2.22. The fraction of sp³-hybridized carbons (Fsp3) is 0.529. The molecule has 0 saturated heterocycles. The molecule has 106 valence electrons. The fourth-order valence-electron chi connectivity index (χ4n) is 4.12. The first kappa shape index (κ1) is 12.7. The third-order valence-electron chi connectivity index (χ3n) is 5.03. The SMILES string of the molecule is Cc1cc2c(n1C1CCCc3sccc31)CCCC2N. The molecule has 2 heterocycles. The van der Waals surface area contributed by atoms with Gasteiger partial charge in [0.2, 0.25) is 0 Å². The second kappa shape index (κ2) is 4.74. The fourth-order valence-corrected chi connectivity index (χ4v) is 5.11. The Morgan fingerprint density at radius 1 is 1.20 bits per heavy atom. The van der Waals surface area contributed by atoms with Gasteiger partial charge in [-0.2, -0.15) is 0 Å². The molecule has 0 amide bonds. The highest BCUT2D eigenvalue weighted by atomic mass is 32.1. The molecular weight excluding hydrogens is 264 g/mol. The van der Waals surface area contributed by atoms with Crippen LogP contribution in [-0.4, -0.2) is 4.57 Å². The van der Waals surface area contributed by atoms with Crippen molar-refractivity contribution in [2.45, 2.75) is 57.5 Å². The number of hydrogen-bond donors (Lipinski definition) is 1. The molecule has 3 heteroatoms. The minimum Gasteiger partial charge on any atom is -0.341 e. The van der Waals surface area contributed by atoms with Crippen LogP contribution < -0.4 is 5.73 Å². The Morgan fingerprint density at radius 3 is 2.95 bits per heavy atom. The molecule has 2 aliphatic carbocycles. The number of hydrogen-bond acceptors (Lipinski definition) is 2. The van der Waals surface area contributed by atoms with Gasteiger partial charge in [0.25, 0.3) is 0 Å². The number of fused-ring (bicyclic) bond motifs is 2. The Bertz CT molecular complexity index is 637. The first-order valence-electron chi connectivity index (χ1n) is 7.78. The van der Waals surface area contributed by atoms with Gasteiger partial charge in [0.1, 0.15) is 0 Å². The van der Waals surface area contributed by atoms with Crippen molar-refractivity contribution < 1.29 is 0 Å². The van der Waals surface area contributed by atoms with E-state index in [0.29, 0.717) is 6.04 Å². The summed E-state index contributed by atoms with van der Waals surface area (Å²) >= 11 is 1.93. The number of aromatic nitrogens is 1. The summed E-state index contributed by atoms with van der Waals surface area (Å²) in [6, 6.07) is 5.50. The Hall–Kier alpha value is -1.06. The summed E-state index contributed by atoms with van der Waals surface area (Å²) in [5, 5.41) is 2.26. The van der Waals surface area contributed by atoms with Gasteiger partial charge in [0, 0.05) is 22.3 Å². The average molecular weight is 286 g/mol. The number of thiophene rings is 1. The lowest BCUT2D eigenvalue weighted by molar-refractivity contribution is 0.457. The summed E-state index contributed by atoms with van der Waals surface area (Å²) in [5.41, 5.74) is 12.2. The van der Waals surface area contributed by atoms with E-state index in [4.69, 9.17) is 5.73 Å². The number of nitrogens with two attached hydrogens (primary N) is 1. The van der Waals surface area contributed by atoms with Gasteiger partial charge in [-0.15, -0.1) is 11.3 Å². The molecule has 2 unspecified atom stereocenters. The standard InChI is InChI=1S/C17H22N2S/c1-11-10-13-14(18)4-2-5-16(13)19(11)15-6-3-7-17-12(15)8-9-20-17/h8-10,14-15H,2-7,18H2,1H3. The van der Waals surface area contributed by atoms with Crippen molar-refractivity contribution in [3.8, 4) is 0 Å². The van der Waals surface area contributed by atoms with Crippen LogP contribution in [0.4, 0.5) is 0 Å². The van der Waals surface area contributed by atoms with E-state index < -0.39 is 0 Å². The topological polar surface area (TPSA) is 30.9 Å². The van der Waals surface area contributed by atoms with Crippen LogP contribution in [0.2, 0.25) is 0 Å². The van der Waals surface area contributed by atoms with Crippen molar-refractivity contribution in [1.29, 1.82) is 0 Å². The van der Waals surface area contributed by atoms with Crippen molar-refractivity contribution in [1.82, 2.24) is 4.57 Å². The molecule has 0 aromatic carbocycles. The van der Waals surface area contributed by atoms with E-state index in [1.165, 1.54) is 49.1 Å². The van der Waals surface area contributed by atoms with Crippen molar-refractivity contribution in [3.05, 3.63) is 44.9 Å². The van der Waals surface area contributed by atoms with E-state index >= 15 is 0 Å². The molecule has 2 N–H and O–H groups in total. The third-order valence-corrected chi connectivity index (χ3v) is 6.03. The molecule has 0 aliphatic heterocycles. The van der Waals surface area contributed by atoms with Crippen LogP contribution in [0.1, 0.15) is 65.2 Å². The summed E-state index contributed by atoms with van der Waals surface area (Å²) < 4.78 is 2.61.